The minimum atomic E-state index is -4.39. The molecule has 7 heteroatoms. The first-order valence-electron chi connectivity index (χ1n) is 6.82. The first kappa shape index (κ1) is 17.3. The average Bonchev–Trinajstić information content (AvgIpc) is 2.49. The number of nitrogens with one attached hydrogen (secondary N) is 2. The summed E-state index contributed by atoms with van der Waals surface area (Å²) in [7, 11) is 0. The highest BCUT2D eigenvalue weighted by molar-refractivity contribution is 9.10. The highest BCUT2D eigenvalue weighted by Crippen LogP contribution is 2.29. The van der Waals surface area contributed by atoms with Gasteiger partial charge >= 0.3 is 12.2 Å². The molecule has 3 nitrogen and oxygen atoms in total. The van der Waals surface area contributed by atoms with E-state index >= 15 is 0 Å². The zero-order valence-corrected chi connectivity index (χ0v) is 13.5. The number of rotatable bonds is 4. The number of carbonyl (C=O) groups is 1. The molecular weight excluding hydrogens is 373 g/mol. The lowest BCUT2D eigenvalue weighted by atomic mass is 10.1. The number of amides is 2. The molecule has 0 saturated carbocycles. The Morgan fingerprint density at radius 3 is 2.30 bits per heavy atom. The summed E-state index contributed by atoms with van der Waals surface area (Å²) < 4.78 is 38.3. The van der Waals surface area contributed by atoms with Gasteiger partial charge in [0.25, 0.3) is 0 Å². The van der Waals surface area contributed by atoms with Gasteiger partial charge in [0.15, 0.2) is 0 Å². The fraction of sp³-hybridized carbons (Fsp3) is 0.188. The molecule has 2 rings (SSSR count). The van der Waals surface area contributed by atoms with Crippen LogP contribution < -0.4 is 10.6 Å². The molecule has 0 heterocycles. The number of urea groups is 1. The third-order valence-electron chi connectivity index (χ3n) is 3.11. The summed E-state index contributed by atoms with van der Waals surface area (Å²) in [6.45, 7) is 0.412. The molecule has 0 saturated heterocycles. The topological polar surface area (TPSA) is 41.1 Å². The Balaban J connectivity index is 1.82. The molecule has 0 aliphatic carbocycles. The van der Waals surface area contributed by atoms with Crippen LogP contribution in [0, 0.1) is 0 Å². The van der Waals surface area contributed by atoms with Crippen LogP contribution in [0.5, 0.6) is 0 Å². The number of alkyl halides is 3. The van der Waals surface area contributed by atoms with Crippen LogP contribution in [0.15, 0.2) is 53.0 Å². The lowest BCUT2D eigenvalue weighted by Crippen LogP contribution is -2.30. The Morgan fingerprint density at radius 2 is 1.70 bits per heavy atom. The fourth-order valence-electron chi connectivity index (χ4n) is 1.93. The standard InChI is InChI=1S/C16H14BrF3N2O/c17-14-4-2-1-3-11(14)9-10-21-15(23)22-13-7-5-12(6-8-13)16(18,19)20/h1-8H,9-10H2,(H2,21,22,23). The van der Waals surface area contributed by atoms with E-state index in [-0.39, 0.29) is 0 Å². The van der Waals surface area contributed by atoms with E-state index in [1.807, 2.05) is 24.3 Å². The Labute approximate surface area is 140 Å². The molecular formula is C16H14BrF3N2O. The van der Waals surface area contributed by atoms with E-state index in [0.29, 0.717) is 18.7 Å². The van der Waals surface area contributed by atoms with Gasteiger partial charge in [-0.1, -0.05) is 34.1 Å². The van der Waals surface area contributed by atoms with Gasteiger partial charge in [-0.05, 0) is 42.3 Å². The smallest absolute Gasteiger partial charge is 0.338 e. The first-order chi connectivity index (χ1) is 10.9. The molecule has 122 valence electrons. The van der Waals surface area contributed by atoms with Crippen LogP contribution in [0.1, 0.15) is 11.1 Å². The van der Waals surface area contributed by atoms with E-state index in [1.165, 1.54) is 12.1 Å². The van der Waals surface area contributed by atoms with Gasteiger partial charge in [-0.15, -0.1) is 0 Å². The van der Waals surface area contributed by atoms with E-state index in [4.69, 9.17) is 0 Å². The lowest BCUT2D eigenvalue weighted by Gasteiger charge is -2.10. The average molecular weight is 387 g/mol. The zero-order chi connectivity index (χ0) is 16.9. The SMILES string of the molecule is O=C(NCCc1ccccc1Br)Nc1ccc(C(F)(F)F)cc1. The molecule has 2 amide bonds. The van der Waals surface area contributed by atoms with E-state index in [1.54, 1.807) is 0 Å². The van der Waals surface area contributed by atoms with Gasteiger partial charge in [0, 0.05) is 16.7 Å². The zero-order valence-electron chi connectivity index (χ0n) is 12.0. The van der Waals surface area contributed by atoms with Crippen LogP contribution in [0.25, 0.3) is 0 Å². The minimum absolute atomic E-state index is 0.302. The quantitative estimate of drug-likeness (QED) is 0.775. The second kappa shape index (κ2) is 7.50. The second-order valence-electron chi connectivity index (χ2n) is 4.80. The van der Waals surface area contributed by atoms with Gasteiger partial charge in [-0.2, -0.15) is 13.2 Å². The highest BCUT2D eigenvalue weighted by Gasteiger charge is 2.29. The Kier molecular flexibility index (Phi) is 5.65. The van der Waals surface area contributed by atoms with E-state index in [2.05, 4.69) is 26.6 Å². The molecule has 0 aliphatic heterocycles. The number of hydrogen-bond donors (Lipinski definition) is 2. The summed E-state index contributed by atoms with van der Waals surface area (Å²) in [5, 5.41) is 5.15. The van der Waals surface area contributed by atoms with Crippen LogP contribution in [0.3, 0.4) is 0 Å². The van der Waals surface area contributed by atoms with Crippen LogP contribution in [0.4, 0.5) is 23.7 Å². The molecule has 0 bridgehead atoms. The maximum absolute atomic E-state index is 12.4. The number of halogens is 4. The van der Waals surface area contributed by atoms with Gasteiger partial charge in [-0.25, -0.2) is 4.79 Å². The molecule has 23 heavy (non-hydrogen) atoms. The monoisotopic (exact) mass is 386 g/mol. The van der Waals surface area contributed by atoms with Crippen molar-refractivity contribution in [2.24, 2.45) is 0 Å². The molecule has 0 fully saturated rings. The molecule has 0 spiro atoms. The van der Waals surface area contributed by atoms with Crippen LogP contribution >= 0.6 is 15.9 Å². The van der Waals surface area contributed by atoms with Crippen molar-refractivity contribution in [3.05, 3.63) is 64.1 Å². The summed E-state index contributed by atoms with van der Waals surface area (Å²) in [6.07, 6.45) is -3.74. The number of benzene rings is 2. The van der Waals surface area contributed by atoms with Crippen LogP contribution in [-0.4, -0.2) is 12.6 Å². The third kappa shape index (κ3) is 5.28. The van der Waals surface area contributed by atoms with Gasteiger partial charge < -0.3 is 10.6 Å². The van der Waals surface area contributed by atoms with Crippen LogP contribution in [-0.2, 0) is 12.6 Å². The van der Waals surface area contributed by atoms with Gasteiger partial charge in [0.1, 0.15) is 0 Å². The largest absolute Gasteiger partial charge is 0.416 e. The Bertz CT molecular complexity index is 672. The van der Waals surface area contributed by atoms with Crippen molar-refractivity contribution in [1.82, 2.24) is 5.32 Å². The molecule has 2 aromatic carbocycles. The molecule has 2 aromatic rings. The third-order valence-corrected chi connectivity index (χ3v) is 3.88. The van der Waals surface area contributed by atoms with E-state index in [9.17, 15) is 18.0 Å². The normalized spacial score (nSPS) is 11.1. The maximum atomic E-state index is 12.4. The molecule has 0 unspecified atom stereocenters. The summed E-state index contributed by atoms with van der Waals surface area (Å²) in [6, 6.07) is 11.5. The molecule has 0 atom stereocenters. The van der Waals surface area contributed by atoms with Crippen molar-refractivity contribution in [2.45, 2.75) is 12.6 Å². The highest BCUT2D eigenvalue weighted by atomic mass is 79.9. The lowest BCUT2D eigenvalue weighted by molar-refractivity contribution is -0.137. The maximum Gasteiger partial charge on any atom is 0.416 e. The van der Waals surface area contributed by atoms with Gasteiger partial charge in [0.2, 0.25) is 0 Å². The van der Waals surface area contributed by atoms with Crippen molar-refractivity contribution >= 4 is 27.6 Å². The van der Waals surface area contributed by atoms with E-state index < -0.39 is 17.8 Å². The van der Waals surface area contributed by atoms with Crippen molar-refractivity contribution < 1.29 is 18.0 Å². The number of carbonyl (C=O) groups excluding carboxylic acids is 1. The molecule has 0 radical (unpaired) electrons. The van der Waals surface area contributed by atoms with Gasteiger partial charge in [-0.3, -0.25) is 0 Å². The van der Waals surface area contributed by atoms with Crippen molar-refractivity contribution in [3.63, 3.8) is 0 Å². The second-order valence-corrected chi connectivity index (χ2v) is 5.65. The number of hydrogen-bond acceptors (Lipinski definition) is 1. The van der Waals surface area contributed by atoms with Crippen molar-refractivity contribution in [2.75, 3.05) is 11.9 Å². The fourth-order valence-corrected chi connectivity index (χ4v) is 2.41. The Hall–Kier alpha value is -2.02. The molecule has 0 aromatic heterocycles. The van der Waals surface area contributed by atoms with Crippen molar-refractivity contribution in [3.8, 4) is 0 Å². The molecule has 0 aliphatic rings. The van der Waals surface area contributed by atoms with E-state index in [0.717, 1.165) is 22.2 Å². The predicted molar refractivity (Wildman–Crippen MR) is 86.3 cm³/mol. The summed E-state index contributed by atoms with van der Waals surface area (Å²) in [4.78, 5) is 11.7. The predicted octanol–water partition coefficient (Wildman–Crippen LogP) is 4.83. The van der Waals surface area contributed by atoms with Crippen molar-refractivity contribution in [1.29, 1.82) is 0 Å². The minimum Gasteiger partial charge on any atom is -0.338 e. The summed E-state index contributed by atoms with van der Waals surface area (Å²) in [5.74, 6) is 0. The van der Waals surface area contributed by atoms with Crippen LogP contribution in [0.2, 0.25) is 0 Å². The summed E-state index contributed by atoms with van der Waals surface area (Å²) in [5.41, 5.74) is 0.608. The molecule has 2 N–H and O–H groups in total. The van der Waals surface area contributed by atoms with Gasteiger partial charge in [0.05, 0.1) is 5.56 Å². The number of anilines is 1. The first-order valence-corrected chi connectivity index (χ1v) is 7.61. The Morgan fingerprint density at radius 1 is 1.04 bits per heavy atom. The summed E-state index contributed by atoms with van der Waals surface area (Å²) >= 11 is 3.42.